The zero-order chi connectivity index (χ0) is 26.0. The predicted molar refractivity (Wildman–Crippen MR) is 145 cm³/mol. The van der Waals surface area contributed by atoms with Crippen molar-refractivity contribution in [3.8, 4) is 11.3 Å². The first-order valence-corrected chi connectivity index (χ1v) is 13.0. The first kappa shape index (κ1) is 25.7. The van der Waals surface area contributed by atoms with E-state index in [9.17, 15) is 9.59 Å². The normalized spacial score (nSPS) is 17.6. The minimum Gasteiger partial charge on any atom is -0.354 e. The number of rotatable bonds is 8. The molecule has 6 nitrogen and oxygen atoms in total. The van der Waals surface area contributed by atoms with Crippen LogP contribution in [0.1, 0.15) is 75.5 Å². The zero-order valence-corrected chi connectivity index (χ0v) is 22.3. The number of para-hydroxylation sites is 1. The number of nitrogens with one attached hydrogen (secondary N) is 1. The van der Waals surface area contributed by atoms with Gasteiger partial charge in [0.15, 0.2) is 0 Å². The Morgan fingerprint density at radius 3 is 2.42 bits per heavy atom. The van der Waals surface area contributed by atoms with Gasteiger partial charge in [-0.2, -0.15) is 5.10 Å². The van der Waals surface area contributed by atoms with Crippen LogP contribution in [0.15, 0.2) is 54.6 Å². The Morgan fingerprint density at radius 2 is 1.78 bits per heavy atom. The maximum absolute atomic E-state index is 14.1. The molecule has 1 aliphatic rings. The maximum Gasteiger partial charge on any atom is 0.277 e. The van der Waals surface area contributed by atoms with Crippen molar-refractivity contribution in [1.82, 2.24) is 15.1 Å². The van der Waals surface area contributed by atoms with Crippen molar-refractivity contribution >= 4 is 17.5 Å². The number of benzene rings is 2. The van der Waals surface area contributed by atoms with Gasteiger partial charge in [0, 0.05) is 17.8 Å². The Labute approximate surface area is 214 Å². The summed E-state index contributed by atoms with van der Waals surface area (Å²) in [7, 11) is 0. The van der Waals surface area contributed by atoms with Gasteiger partial charge in [0.05, 0.1) is 12.2 Å². The largest absolute Gasteiger partial charge is 0.354 e. The highest BCUT2D eigenvalue weighted by atomic mass is 16.2. The van der Waals surface area contributed by atoms with Crippen molar-refractivity contribution < 1.29 is 9.59 Å². The maximum atomic E-state index is 14.1. The SMILES string of the molecule is CCc1ccccc1N1C(=O)c2cc(-c3ccc(C(C)C)cc3)nn2CC1(C)C(=O)NCCC(C)C. The van der Waals surface area contributed by atoms with Crippen LogP contribution in [0.3, 0.4) is 0 Å². The average Bonchev–Trinajstić information content (AvgIpc) is 3.28. The molecule has 1 N–H and O–H groups in total. The van der Waals surface area contributed by atoms with E-state index in [1.807, 2.05) is 37.3 Å². The molecule has 1 aliphatic heterocycles. The van der Waals surface area contributed by atoms with Crippen LogP contribution in [0.4, 0.5) is 5.69 Å². The molecule has 6 heteroatoms. The summed E-state index contributed by atoms with van der Waals surface area (Å²) in [6.45, 7) is 13.4. The van der Waals surface area contributed by atoms with E-state index in [1.54, 1.807) is 9.58 Å². The van der Waals surface area contributed by atoms with Crippen LogP contribution >= 0.6 is 0 Å². The zero-order valence-electron chi connectivity index (χ0n) is 22.3. The summed E-state index contributed by atoms with van der Waals surface area (Å²) in [6.07, 6.45) is 1.64. The van der Waals surface area contributed by atoms with Gasteiger partial charge in [0.25, 0.3) is 5.91 Å². The molecule has 0 saturated carbocycles. The molecule has 0 bridgehead atoms. The highest BCUT2D eigenvalue weighted by molar-refractivity contribution is 6.12. The molecule has 2 amide bonds. The summed E-state index contributed by atoms with van der Waals surface area (Å²) < 4.78 is 1.71. The Hall–Kier alpha value is -3.41. The number of carbonyl (C=O) groups is 2. The van der Waals surface area contributed by atoms with E-state index < -0.39 is 5.54 Å². The second kappa shape index (κ2) is 10.3. The molecule has 0 aliphatic carbocycles. The number of hydrogen-bond acceptors (Lipinski definition) is 3. The molecule has 36 heavy (non-hydrogen) atoms. The van der Waals surface area contributed by atoms with Crippen LogP contribution in [0.5, 0.6) is 0 Å². The number of aromatic nitrogens is 2. The first-order chi connectivity index (χ1) is 17.2. The van der Waals surface area contributed by atoms with Gasteiger partial charge in [0.1, 0.15) is 11.2 Å². The number of carbonyl (C=O) groups excluding carboxylic acids is 2. The predicted octanol–water partition coefficient (Wildman–Crippen LogP) is 5.82. The van der Waals surface area contributed by atoms with Gasteiger partial charge in [0.2, 0.25) is 5.91 Å². The third-order valence-corrected chi connectivity index (χ3v) is 7.14. The second-order valence-electron chi connectivity index (χ2n) is 10.7. The van der Waals surface area contributed by atoms with Gasteiger partial charge in [-0.25, -0.2) is 0 Å². The van der Waals surface area contributed by atoms with Gasteiger partial charge < -0.3 is 5.32 Å². The van der Waals surface area contributed by atoms with Crippen LogP contribution in [-0.4, -0.2) is 33.7 Å². The molecule has 0 fully saturated rings. The van der Waals surface area contributed by atoms with Gasteiger partial charge in [-0.05, 0) is 54.9 Å². The van der Waals surface area contributed by atoms with Gasteiger partial charge in [-0.1, -0.05) is 77.1 Å². The monoisotopic (exact) mass is 486 g/mol. The summed E-state index contributed by atoms with van der Waals surface area (Å²) in [6, 6.07) is 18.0. The van der Waals surface area contributed by atoms with E-state index in [0.29, 0.717) is 24.1 Å². The van der Waals surface area contributed by atoms with Gasteiger partial charge in [-0.15, -0.1) is 0 Å². The molecule has 1 aromatic heterocycles. The molecule has 0 radical (unpaired) electrons. The molecule has 3 aromatic rings. The second-order valence-corrected chi connectivity index (χ2v) is 10.7. The number of fused-ring (bicyclic) bond motifs is 1. The molecule has 2 heterocycles. The van der Waals surface area contributed by atoms with E-state index in [2.05, 4.69) is 64.2 Å². The summed E-state index contributed by atoms with van der Waals surface area (Å²) >= 11 is 0. The number of nitrogens with zero attached hydrogens (tertiary/aromatic N) is 3. The van der Waals surface area contributed by atoms with Gasteiger partial charge >= 0.3 is 0 Å². The summed E-state index contributed by atoms with van der Waals surface area (Å²) in [5, 5.41) is 7.89. The van der Waals surface area contributed by atoms with Crippen molar-refractivity contribution in [2.24, 2.45) is 5.92 Å². The number of aryl methyl sites for hydroxylation is 1. The third-order valence-electron chi connectivity index (χ3n) is 7.14. The van der Waals surface area contributed by atoms with Crippen molar-refractivity contribution in [3.05, 3.63) is 71.4 Å². The van der Waals surface area contributed by atoms with Crippen LogP contribution in [-0.2, 0) is 17.8 Å². The van der Waals surface area contributed by atoms with E-state index in [-0.39, 0.29) is 18.4 Å². The summed E-state index contributed by atoms with van der Waals surface area (Å²) in [5.41, 5.74) is 4.14. The number of hydrogen-bond donors (Lipinski definition) is 1. The Kier molecular flexibility index (Phi) is 7.34. The van der Waals surface area contributed by atoms with E-state index in [1.165, 1.54) is 5.56 Å². The van der Waals surface area contributed by atoms with Crippen molar-refractivity contribution in [1.29, 1.82) is 0 Å². The quantitative estimate of drug-likeness (QED) is 0.436. The fraction of sp³-hybridized carbons (Fsp3) is 0.433. The number of amides is 2. The smallest absolute Gasteiger partial charge is 0.277 e. The lowest BCUT2D eigenvalue weighted by molar-refractivity contribution is -0.126. The van der Waals surface area contributed by atoms with Gasteiger partial charge in [-0.3, -0.25) is 19.2 Å². The molecule has 0 saturated heterocycles. The molecule has 4 rings (SSSR count). The minimum absolute atomic E-state index is 0.161. The Balaban J connectivity index is 1.77. The van der Waals surface area contributed by atoms with Crippen LogP contribution in [0.2, 0.25) is 0 Å². The van der Waals surface area contributed by atoms with E-state index >= 15 is 0 Å². The molecule has 190 valence electrons. The molecular weight excluding hydrogens is 448 g/mol. The van der Waals surface area contributed by atoms with Crippen LogP contribution in [0.25, 0.3) is 11.3 Å². The summed E-state index contributed by atoms with van der Waals surface area (Å²) in [4.78, 5) is 29.4. The lowest BCUT2D eigenvalue weighted by Crippen LogP contribution is -2.64. The summed E-state index contributed by atoms with van der Waals surface area (Å²) in [5.74, 6) is 0.552. The molecule has 0 spiro atoms. The third kappa shape index (κ3) is 4.81. The molecular formula is C30H38N4O2. The standard InChI is InChI=1S/C30H38N4O2/c1-7-22-10-8-9-11-26(22)34-28(35)27-18-25(24-14-12-23(13-15-24)21(4)5)32-33(27)19-30(34,6)29(36)31-17-16-20(2)3/h8-15,18,20-21H,7,16-17,19H2,1-6H3,(H,31,36). The average molecular weight is 487 g/mol. The fourth-order valence-electron chi connectivity index (χ4n) is 4.83. The van der Waals surface area contributed by atoms with Crippen molar-refractivity contribution in [2.75, 3.05) is 11.4 Å². The van der Waals surface area contributed by atoms with Crippen molar-refractivity contribution in [2.45, 2.75) is 72.4 Å². The Morgan fingerprint density at radius 1 is 1.08 bits per heavy atom. The first-order valence-electron chi connectivity index (χ1n) is 13.0. The van der Waals surface area contributed by atoms with Crippen LogP contribution < -0.4 is 10.2 Å². The topological polar surface area (TPSA) is 67.2 Å². The van der Waals surface area contributed by atoms with E-state index in [0.717, 1.165) is 35.3 Å². The lowest BCUT2D eigenvalue weighted by atomic mass is 9.92. The minimum atomic E-state index is -1.11. The molecule has 1 unspecified atom stereocenters. The highest BCUT2D eigenvalue weighted by Crippen LogP contribution is 2.36. The highest BCUT2D eigenvalue weighted by Gasteiger charge is 2.49. The fourth-order valence-corrected chi connectivity index (χ4v) is 4.83. The van der Waals surface area contributed by atoms with Crippen LogP contribution in [0, 0.1) is 5.92 Å². The van der Waals surface area contributed by atoms with E-state index in [4.69, 9.17) is 5.10 Å². The molecule has 1 atom stereocenters. The molecule has 2 aromatic carbocycles. The van der Waals surface area contributed by atoms with Crippen molar-refractivity contribution in [3.63, 3.8) is 0 Å². The Bertz CT molecular complexity index is 1240. The number of anilines is 1. The lowest BCUT2D eigenvalue weighted by Gasteiger charge is -2.43.